The lowest BCUT2D eigenvalue weighted by Crippen LogP contribution is -2.47. The molecule has 140 valence electrons. The van der Waals surface area contributed by atoms with Crippen LogP contribution in [0.15, 0.2) is 58.1 Å². The molecule has 0 saturated carbocycles. The van der Waals surface area contributed by atoms with E-state index in [0.29, 0.717) is 18.6 Å². The first kappa shape index (κ1) is 18.4. The maximum absolute atomic E-state index is 5.40. The molecule has 2 atom stereocenters. The zero-order chi connectivity index (χ0) is 18.2. The fourth-order valence-corrected chi connectivity index (χ4v) is 3.15. The third kappa shape index (κ3) is 5.28. The Hall–Kier alpha value is -2.43. The van der Waals surface area contributed by atoms with Crippen molar-refractivity contribution in [3.8, 4) is 0 Å². The maximum Gasteiger partial charge on any atom is 0.191 e. The van der Waals surface area contributed by atoms with Crippen LogP contribution in [0.5, 0.6) is 0 Å². The Morgan fingerprint density at radius 2 is 2.12 bits per heavy atom. The van der Waals surface area contributed by atoms with E-state index < -0.39 is 0 Å². The van der Waals surface area contributed by atoms with Gasteiger partial charge in [0.05, 0.1) is 6.26 Å². The number of para-hydroxylation sites is 1. The van der Waals surface area contributed by atoms with Crippen LogP contribution in [-0.2, 0) is 6.42 Å². The van der Waals surface area contributed by atoms with Crippen LogP contribution in [0.4, 0.5) is 5.69 Å². The van der Waals surface area contributed by atoms with Crippen molar-refractivity contribution in [2.45, 2.75) is 45.2 Å². The molecule has 1 aliphatic heterocycles. The van der Waals surface area contributed by atoms with E-state index in [1.165, 1.54) is 5.69 Å². The second-order valence-electron chi connectivity index (χ2n) is 6.92. The molecule has 0 spiro atoms. The first-order valence-electron chi connectivity index (χ1n) is 9.64. The van der Waals surface area contributed by atoms with E-state index in [0.717, 1.165) is 44.1 Å². The number of rotatable bonds is 7. The minimum Gasteiger partial charge on any atom is -0.469 e. The molecule has 1 aliphatic rings. The van der Waals surface area contributed by atoms with Crippen LogP contribution >= 0.6 is 0 Å². The highest BCUT2D eigenvalue weighted by molar-refractivity contribution is 5.80. The van der Waals surface area contributed by atoms with Crippen molar-refractivity contribution in [3.63, 3.8) is 0 Å². The third-order valence-corrected chi connectivity index (χ3v) is 4.85. The minimum atomic E-state index is 0.400. The van der Waals surface area contributed by atoms with Crippen LogP contribution in [0.3, 0.4) is 0 Å². The summed E-state index contributed by atoms with van der Waals surface area (Å²) in [4.78, 5) is 7.20. The van der Waals surface area contributed by atoms with E-state index in [4.69, 9.17) is 9.41 Å². The summed E-state index contributed by atoms with van der Waals surface area (Å²) < 4.78 is 5.40. The van der Waals surface area contributed by atoms with E-state index in [2.05, 4.69) is 59.7 Å². The number of benzene rings is 1. The molecule has 5 heteroatoms. The summed E-state index contributed by atoms with van der Waals surface area (Å²) in [5, 5.41) is 7.15. The number of hydrogen-bond donors (Lipinski definition) is 2. The summed E-state index contributed by atoms with van der Waals surface area (Å²) in [7, 11) is 0. The fraction of sp³-hybridized carbons (Fsp3) is 0.476. The average molecular weight is 354 g/mol. The molecule has 2 aromatic rings. The van der Waals surface area contributed by atoms with E-state index in [1.54, 1.807) is 6.26 Å². The quantitative estimate of drug-likeness (QED) is 0.591. The molecule has 2 N–H and O–H groups in total. The molecule has 2 unspecified atom stereocenters. The number of nitrogens with zero attached hydrogens (tertiary/aromatic N) is 2. The van der Waals surface area contributed by atoms with Crippen LogP contribution in [-0.4, -0.2) is 37.7 Å². The van der Waals surface area contributed by atoms with E-state index in [1.807, 2.05) is 12.1 Å². The van der Waals surface area contributed by atoms with Crippen molar-refractivity contribution >= 4 is 11.6 Å². The third-order valence-electron chi connectivity index (χ3n) is 4.85. The molecule has 0 radical (unpaired) electrons. The SMILES string of the molecule is CCC(C)NC(=NCCc1ccco1)NC1CCN(c2ccccc2)C1. The zero-order valence-electron chi connectivity index (χ0n) is 15.8. The van der Waals surface area contributed by atoms with E-state index in [-0.39, 0.29) is 0 Å². The Bertz CT molecular complexity index is 669. The molecule has 3 rings (SSSR count). The lowest BCUT2D eigenvalue weighted by Gasteiger charge is -2.22. The number of guanidine groups is 1. The average Bonchev–Trinajstić information content (AvgIpc) is 3.34. The highest BCUT2D eigenvalue weighted by Gasteiger charge is 2.23. The van der Waals surface area contributed by atoms with Crippen LogP contribution in [0.2, 0.25) is 0 Å². The van der Waals surface area contributed by atoms with Crippen LogP contribution < -0.4 is 15.5 Å². The predicted octanol–water partition coefficient (Wildman–Crippen LogP) is 3.43. The number of anilines is 1. The van der Waals surface area contributed by atoms with E-state index >= 15 is 0 Å². The summed E-state index contributed by atoms with van der Waals surface area (Å²) in [5.41, 5.74) is 1.29. The van der Waals surface area contributed by atoms with Crippen molar-refractivity contribution in [1.29, 1.82) is 0 Å². The fourth-order valence-electron chi connectivity index (χ4n) is 3.15. The lowest BCUT2D eigenvalue weighted by atomic mass is 10.2. The zero-order valence-corrected chi connectivity index (χ0v) is 15.8. The van der Waals surface area contributed by atoms with Gasteiger partial charge >= 0.3 is 0 Å². The molecular weight excluding hydrogens is 324 g/mol. The molecule has 26 heavy (non-hydrogen) atoms. The molecular formula is C21H30N4O. The Balaban J connectivity index is 1.56. The lowest BCUT2D eigenvalue weighted by molar-refractivity contribution is 0.510. The van der Waals surface area contributed by atoms with Crippen molar-refractivity contribution in [3.05, 3.63) is 54.5 Å². The topological polar surface area (TPSA) is 52.8 Å². The minimum absolute atomic E-state index is 0.400. The van der Waals surface area contributed by atoms with E-state index in [9.17, 15) is 0 Å². The van der Waals surface area contributed by atoms with Gasteiger partial charge in [0.1, 0.15) is 5.76 Å². The second-order valence-corrected chi connectivity index (χ2v) is 6.92. The van der Waals surface area contributed by atoms with Gasteiger partial charge in [0, 0.05) is 43.8 Å². The van der Waals surface area contributed by atoms with Crippen LogP contribution in [0.25, 0.3) is 0 Å². The summed E-state index contributed by atoms with van der Waals surface area (Å²) in [6.45, 7) is 7.17. The molecule has 1 aromatic carbocycles. The molecule has 0 amide bonds. The van der Waals surface area contributed by atoms with Gasteiger partial charge in [0.25, 0.3) is 0 Å². The number of furan rings is 1. The monoisotopic (exact) mass is 354 g/mol. The molecule has 1 fully saturated rings. The molecule has 0 aliphatic carbocycles. The van der Waals surface area contributed by atoms with Gasteiger partial charge in [-0.1, -0.05) is 25.1 Å². The van der Waals surface area contributed by atoms with Gasteiger partial charge in [0.15, 0.2) is 5.96 Å². The smallest absolute Gasteiger partial charge is 0.191 e. The van der Waals surface area contributed by atoms with Crippen molar-refractivity contribution < 1.29 is 4.42 Å². The van der Waals surface area contributed by atoms with Gasteiger partial charge < -0.3 is 20.0 Å². The standard InChI is InChI=1S/C21H30N4O/c1-3-17(2)23-21(22-13-11-20-10-7-15-26-20)24-18-12-14-25(16-18)19-8-5-4-6-9-19/h4-10,15,17-18H,3,11-14,16H2,1-2H3,(H2,22,23,24). The van der Waals surface area contributed by atoms with Gasteiger partial charge in [0.2, 0.25) is 0 Å². The molecule has 2 heterocycles. The summed E-state index contributed by atoms with van der Waals surface area (Å²) in [5.74, 6) is 1.89. The Morgan fingerprint density at radius 1 is 1.27 bits per heavy atom. The molecule has 1 saturated heterocycles. The van der Waals surface area contributed by atoms with Gasteiger partial charge in [-0.15, -0.1) is 0 Å². The van der Waals surface area contributed by atoms with Crippen LogP contribution in [0, 0.1) is 0 Å². The summed E-state index contributed by atoms with van der Waals surface area (Å²) >= 11 is 0. The molecule has 1 aromatic heterocycles. The first-order chi connectivity index (χ1) is 12.7. The highest BCUT2D eigenvalue weighted by atomic mass is 16.3. The largest absolute Gasteiger partial charge is 0.469 e. The normalized spacial score (nSPS) is 18.8. The number of hydrogen-bond acceptors (Lipinski definition) is 3. The highest BCUT2D eigenvalue weighted by Crippen LogP contribution is 2.19. The van der Waals surface area contributed by atoms with Crippen LogP contribution in [0.1, 0.15) is 32.4 Å². The van der Waals surface area contributed by atoms with Crippen molar-refractivity contribution in [2.75, 3.05) is 24.5 Å². The molecule has 5 nitrogen and oxygen atoms in total. The van der Waals surface area contributed by atoms with Gasteiger partial charge in [-0.2, -0.15) is 0 Å². The Labute approximate surface area is 156 Å². The maximum atomic E-state index is 5.40. The predicted molar refractivity (Wildman–Crippen MR) is 108 cm³/mol. The molecule has 0 bridgehead atoms. The Morgan fingerprint density at radius 3 is 2.85 bits per heavy atom. The Kier molecular flexibility index (Phi) is 6.58. The van der Waals surface area contributed by atoms with Crippen molar-refractivity contribution in [1.82, 2.24) is 10.6 Å². The summed E-state index contributed by atoms with van der Waals surface area (Å²) in [6, 6.07) is 15.4. The number of nitrogens with one attached hydrogen (secondary N) is 2. The first-order valence-corrected chi connectivity index (χ1v) is 9.64. The number of aliphatic imine (C=N–C) groups is 1. The second kappa shape index (κ2) is 9.32. The van der Waals surface area contributed by atoms with Gasteiger partial charge in [-0.25, -0.2) is 0 Å². The van der Waals surface area contributed by atoms with Crippen molar-refractivity contribution in [2.24, 2.45) is 4.99 Å². The summed E-state index contributed by atoms with van der Waals surface area (Å²) in [6.07, 6.45) is 4.72. The van der Waals surface area contributed by atoms with Gasteiger partial charge in [-0.05, 0) is 44.0 Å². The van der Waals surface area contributed by atoms with Gasteiger partial charge in [-0.3, -0.25) is 4.99 Å².